The summed E-state index contributed by atoms with van der Waals surface area (Å²) in [4.78, 5) is 1.64. The first kappa shape index (κ1) is 17.9. The minimum absolute atomic E-state index is 0.148. The summed E-state index contributed by atoms with van der Waals surface area (Å²) in [7, 11) is 0. The fourth-order valence-electron chi connectivity index (χ4n) is 2.04. The number of nitrogens with zero attached hydrogens (tertiary/aromatic N) is 1. The molecule has 0 aromatic heterocycles. The zero-order valence-corrected chi connectivity index (χ0v) is 11.9. The molecule has 1 rings (SSSR count). The highest BCUT2D eigenvalue weighted by molar-refractivity contribution is 5.14. The molecule has 1 unspecified atom stereocenters. The van der Waals surface area contributed by atoms with Crippen molar-refractivity contribution in [1.29, 1.82) is 0 Å². The van der Waals surface area contributed by atoms with Crippen molar-refractivity contribution in [1.82, 2.24) is 10.2 Å². The molecule has 4 nitrogen and oxygen atoms in total. The van der Waals surface area contributed by atoms with Crippen LogP contribution in [0.5, 0.6) is 0 Å². The number of nitrogens with one attached hydrogen (secondary N) is 1. The zero-order chi connectivity index (χ0) is 15.7. The van der Waals surface area contributed by atoms with E-state index in [1.165, 1.54) is 0 Å². The molecule has 0 aliphatic heterocycles. The van der Waals surface area contributed by atoms with Crippen LogP contribution in [-0.4, -0.2) is 49.8 Å². The van der Waals surface area contributed by atoms with E-state index in [1.807, 2.05) is 6.07 Å². The lowest BCUT2D eigenvalue weighted by molar-refractivity contribution is -0.160. The van der Waals surface area contributed by atoms with Crippen molar-refractivity contribution in [3.05, 3.63) is 35.9 Å². The summed E-state index contributed by atoms with van der Waals surface area (Å²) in [6.07, 6.45) is -4.31. The molecule has 0 saturated heterocycles. The van der Waals surface area contributed by atoms with Gasteiger partial charge < -0.3 is 16.8 Å². The first-order chi connectivity index (χ1) is 9.97. The monoisotopic (exact) mass is 304 g/mol. The number of halogens is 3. The standard InChI is InChI=1S/C14H23F3N4/c15-14(16,17)13(11-21(8-6-18)9-7-19)20-10-12-4-2-1-3-5-12/h1-5,13,20H,6-11,18-19H2. The lowest BCUT2D eigenvalue weighted by atomic mass is 10.2. The van der Waals surface area contributed by atoms with Crippen LogP contribution in [0.3, 0.4) is 0 Å². The summed E-state index contributed by atoms with van der Waals surface area (Å²) in [5.41, 5.74) is 11.7. The second kappa shape index (κ2) is 8.99. The molecule has 7 heteroatoms. The summed E-state index contributed by atoms with van der Waals surface area (Å²) in [5, 5.41) is 2.57. The van der Waals surface area contributed by atoms with Crippen molar-refractivity contribution in [3.8, 4) is 0 Å². The normalized spacial score (nSPS) is 13.6. The third-order valence-electron chi connectivity index (χ3n) is 3.12. The topological polar surface area (TPSA) is 67.3 Å². The van der Waals surface area contributed by atoms with E-state index < -0.39 is 12.2 Å². The average molecular weight is 304 g/mol. The van der Waals surface area contributed by atoms with Gasteiger partial charge in [-0.3, -0.25) is 4.90 Å². The quantitative estimate of drug-likeness (QED) is 0.635. The lowest BCUT2D eigenvalue weighted by Gasteiger charge is -2.29. The van der Waals surface area contributed by atoms with Gasteiger partial charge in [0.15, 0.2) is 0 Å². The molecule has 1 atom stereocenters. The maximum atomic E-state index is 13.1. The van der Waals surface area contributed by atoms with E-state index in [0.29, 0.717) is 26.2 Å². The highest BCUT2D eigenvalue weighted by atomic mass is 19.4. The van der Waals surface area contributed by atoms with Crippen LogP contribution in [-0.2, 0) is 6.54 Å². The summed E-state index contributed by atoms with van der Waals surface area (Å²) in [6.45, 7) is 1.44. The SMILES string of the molecule is NCCN(CCN)CC(NCc1ccccc1)C(F)(F)F. The Hall–Kier alpha value is -1.15. The van der Waals surface area contributed by atoms with Gasteiger partial charge >= 0.3 is 6.18 Å². The van der Waals surface area contributed by atoms with Crippen molar-refractivity contribution in [2.24, 2.45) is 11.5 Å². The Morgan fingerprint density at radius 1 is 1.05 bits per heavy atom. The van der Waals surface area contributed by atoms with Gasteiger partial charge in [0.2, 0.25) is 0 Å². The Labute approximate surface area is 123 Å². The van der Waals surface area contributed by atoms with Crippen LogP contribution in [0, 0.1) is 0 Å². The molecule has 5 N–H and O–H groups in total. The largest absolute Gasteiger partial charge is 0.405 e. The Kier molecular flexibility index (Phi) is 7.66. The van der Waals surface area contributed by atoms with E-state index in [-0.39, 0.29) is 13.1 Å². The summed E-state index contributed by atoms with van der Waals surface area (Å²) < 4.78 is 39.3. The Morgan fingerprint density at radius 3 is 2.10 bits per heavy atom. The molecule has 0 spiro atoms. The van der Waals surface area contributed by atoms with Gasteiger partial charge in [-0.05, 0) is 5.56 Å². The molecule has 1 aromatic carbocycles. The predicted octanol–water partition coefficient (Wildman–Crippen LogP) is 0.927. The highest BCUT2D eigenvalue weighted by Crippen LogP contribution is 2.21. The molecule has 0 radical (unpaired) electrons. The highest BCUT2D eigenvalue weighted by Gasteiger charge is 2.40. The van der Waals surface area contributed by atoms with Crippen molar-refractivity contribution in [2.45, 2.75) is 18.8 Å². The molecular formula is C14H23F3N4. The van der Waals surface area contributed by atoms with Gasteiger partial charge in [0.25, 0.3) is 0 Å². The average Bonchev–Trinajstić information content (AvgIpc) is 2.43. The second-order valence-electron chi connectivity index (χ2n) is 4.84. The Bertz CT molecular complexity index is 378. The number of alkyl halides is 3. The van der Waals surface area contributed by atoms with Gasteiger partial charge in [0.05, 0.1) is 0 Å². The summed E-state index contributed by atoms with van der Waals surface area (Å²) in [5.74, 6) is 0. The first-order valence-electron chi connectivity index (χ1n) is 6.94. The molecule has 0 bridgehead atoms. The van der Waals surface area contributed by atoms with E-state index in [2.05, 4.69) is 5.32 Å². The van der Waals surface area contributed by atoms with Crippen LogP contribution in [0.25, 0.3) is 0 Å². The second-order valence-corrected chi connectivity index (χ2v) is 4.84. The van der Waals surface area contributed by atoms with Crippen LogP contribution >= 0.6 is 0 Å². The van der Waals surface area contributed by atoms with E-state index in [1.54, 1.807) is 29.2 Å². The number of rotatable bonds is 9. The maximum Gasteiger partial charge on any atom is 0.405 e. The van der Waals surface area contributed by atoms with Crippen molar-refractivity contribution in [2.75, 3.05) is 32.7 Å². The van der Waals surface area contributed by atoms with Gasteiger partial charge in [0.1, 0.15) is 6.04 Å². The lowest BCUT2D eigenvalue weighted by Crippen LogP contribution is -2.51. The molecule has 0 fully saturated rings. The van der Waals surface area contributed by atoms with E-state index in [9.17, 15) is 13.2 Å². The Morgan fingerprint density at radius 2 is 1.62 bits per heavy atom. The molecule has 0 saturated carbocycles. The third kappa shape index (κ3) is 6.90. The number of benzene rings is 1. The molecule has 1 aromatic rings. The van der Waals surface area contributed by atoms with Crippen LogP contribution in [0.4, 0.5) is 13.2 Å². The fourth-order valence-corrected chi connectivity index (χ4v) is 2.04. The number of hydrogen-bond donors (Lipinski definition) is 3. The molecule has 21 heavy (non-hydrogen) atoms. The Balaban J connectivity index is 2.62. The molecule has 0 amide bonds. The van der Waals surface area contributed by atoms with Crippen molar-refractivity contribution >= 4 is 0 Å². The zero-order valence-electron chi connectivity index (χ0n) is 11.9. The van der Waals surface area contributed by atoms with Gasteiger partial charge in [-0.2, -0.15) is 13.2 Å². The smallest absolute Gasteiger partial charge is 0.329 e. The van der Waals surface area contributed by atoms with E-state index in [4.69, 9.17) is 11.5 Å². The first-order valence-corrected chi connectivity index (χ1v) is 6.94. The summed E-state index contributed by atoms with van der Waals surface area (Å²) in [6, 6.07) is 7.41. The minimum atomic E-state index is -4.31. The molecule has 0 aliphatic carbocycles. The number of nitrogens with two attached hydrogens (primary N) is 2. The summed E-state index contributed by atoms with van der Waals surface area (Å²) >= 11 is 0. The van der Waals surface area contributed by atoms with Gasteiger partial charge in [-0.15, -0.1) is 0 Å². The van der Waals surface area contributed by atoms with Gasteiger partial charge in [-0.1, -0.05) is 30.3 Å². The van der Waals surface area contributed by atoms with Gasteiger partial charge in [-0.25, -0.2) is 0 Å². The predicted molar refractivity (Wildman–Crippen MR) is 77.7 cm³/mol. The molecule has 0 aliphatic rings. The van der Waals surface area contributed by atoms with Crippen LogP contribution in [0.2, 0.25) is 0 Å². The van der Waals surface area contributed by atoms with Gasteiger partial charge in [0, 0.05) is 39.3 Å². The molecule has 0 heterocycles. The fraction of sp³-hybridized carbons (Fsp3) is 0.571. The van der Waals surface area contributed by atoms with E-state index >= 15 is 0 Å². The van der Waals surface area contributed by atoms with Crippen LogP contribution in [0.1, 0.15) is 5.56 Å². The third-order valence-corrected chi connectivity index (χ3v) is 3.12. The van der Waals surface area contributed by atoms with Crippen molar-refractivity contribution in [3.63, 3.8) is 0 Å². The van der Waals surface area contributed by atoms with Crippen LogP contribution in [0.15, 0.2) is 30.3 Å². The molecular weight excluding hydrogens is 281 g/mol. The number of hydrogen-bond acceptors (Lipinski definition) is 4. The minimum Gasteiger partial charge on any atom is -0.329 e. The maximum absolute atomic E-state index is 13.1. The molecule has 120 valence electrons. The van der Waals surface area contributed by atoms with Crippen LogP contribution < -0.4 is 16.8 Å². The van der Waals surface area contributed by atoms with E-state index in [0.717, 1.165) is 5.56 Å². The van der Waals surface area contributed by atoms with Crippen molar-refractivity contribution < 1.29 is 13.2 Å².